The summed E-state index contributed by atoms with van der Waals surface area (Å²) in [5.41, 5.74) is 8.57. The van der Waals surface area contributed by atoms with Crippen LogP contribution in [-0.4, -0.2) is 34.6 Å². The molecule has 1 fully saturated rings. The van der Waals surface area contributed by atoms with E-state index in [-0.39, 0.29) is 0 Å². The first-order chi connectivity index (χ1) is 12.8. The van der Waals surface area contributed by atoms with Crippen molar-refractivity contribution in [3.8, 4) is 22.8 Å². The highest BCUT2D eigenvalue weighted by Crippen LogP contribution is 2.27. The van der Waals surface area contributed by atoms with E-state index < -0.39 is 0 Å². The maximum Gasteiger partial charge on any atom is 0.162 e. The molecule has 1 saturated heterocycles. The molecule has 0 atom stereocenters. The monoisotopic (exact) mass is 345 g/mol. The van der Waals surface area contributed by atoms with Crippen LogP contribution in [0, 0.1) is 5.92 Å². The standard InChI is InChI=1S/C21H23N5/c22-15-16-9-12-26(13-10-16)20-14-19(18-8-4-5-11-23-18)24-21(25-20)17-6-2-1-3-7-17/h1-8,11,14,16H,9-10,12-13,15,22H2. The van der Waals surface area contributed by atoms with Crippen LogP contribution in [0.1, 0.15) is 12.8 Å². The normalized spacial score (nSPS) is 15.2. The first kappa shape index (κ1) is 16.7. The third-order valence-electron chi connectivity index (χ3n) is 4.94. The molecular weight excluding hydrogens is 322 g/mol. The van der Waals surface area contributed by atoms with Gasteiger partial charge < -0.3 is 10.6 Å². The predicted octanol–water partition coefficient (Wildman–Crippen LogP) is 3.38. The summed E-state index contributed by atoms with van der Waals surface area (Å²) in [7, 11) is 0. The molecule has 0 saturated carbocycles. The summed E-state index contributed by atoms with van der Waals surface area (Å²) in [6.45, 7) is 2.73. The molecule has 0 amide bonds. The zero-order valence-corrected chi connectivity index (χ0v) is 14.8. The van der Waals surface area contributed by atoms with Crippen LogP contribution >= 0.6 is 0 Å². The van der Waals surface area contributed by atoms with Gasteiger partial charge in [0.25, 0.3) is 0 Å². The Bertz CT molecular complexity index is 785. The van der Waals surface area contributed by atoms with E-state index in [4.69, 9.17) is 15.7 Å². The fourth-order valence-electron chi connectivity index (χ4n) is 3.36. The van der Waals surface area contributed by atoms with Crippen molar-refractivity contribution < 1.29 is 0 Å². The lowest BCUT2D eigenvalue weighted by molar-refractivity contribution is 0.413. The Kier molecular flexibility index (Phi) is 4.88. The van der Waals surface area contributed by atoms with Crippen LogP contribution in [0.2, 0.25) is 0 Å². The summed E-state index contributed by atoms with van der Waals surface area (Å²) >= 11 is 0. The summed E-state index contributed by atoms with van der Waals surface area (Å²) in [5.74, 6) is 2.33. The Morgan fingerprint density at radius 2 is 1.69 bits per heavy atom. The molecule has 26 heavy (non-hydrogen) atoms. The number of benzene rings is 1. The van der Waals surface area contributed by atoms with Gasteiger partial charge in [0.2, 0.25) is 0 Å². The van der Waals surface area contributed by atoms with Gasteiger partial charge in [0, 0.05) is 30.9 Å². The third kappa shape index (κ3) is 3.58. The Balaban J connectivity index is 1.74. The lowest BCUT2D eigenvalue weighted by atomic mass is 9.97. The number of anilines is 1. The van der Waals surface area contributed by atoms with Crippen LogP contribution in [0.15, 0.2) is 60.8 Å². The Morgan fingerprint density at radius 1 is 0.923 bits per heavy atom. The number of hydrogen-bond donors (Lipinski definition) is 1. The van der Waals surface area contributed by atoms with E-state index in [9.17, 15) is 0 Å². The van der Waals surface area contributed by atoms with E-state index in [1.165, 1.54) is 0 Å². The van der Waals surface area contributed by atoms with E-state index in [2.05, 4.69) is 16.0 Å². The lowest BCUT2D eigenvalue weighted by Crippen LogP contribution is -2.36. The van der Waals surface area contributed by atoms with Gasteiger partial charge in [-0.1, -0.05) is 36.4 Å². The molecule has 5 heteroatoms. The predicted molar refractivity (Wildman–Crippen MR) is 105 cm³/mol. The largest absolute Gasteiger partial charge is 0.356 e. The van der Waals surface area contributed by atoms with Crippen molar-refractivity contribution >= 4 is 5.82 Å². The molecule has 1 aliphatic heterocycles. The molecule has 3 heterocycles. The second-order valence-electron chi connectivity index (χ2n) is 6.68. The van der Waals surface area contributed by atoms with Gasteiger partial charge in [0.05, 0.1) is 11.4 Å². The average molecular weight is 345 g/mol. The van der Waals surface area contributed by atoms with Crippen LogP contribution in [0.3, 0.4) is 0 Å². The molecule has 0 unspecified atom stereocenters. The Labute approximate surface area is 153 Å². The third-order valence-corrected chi connectivity index (χ3v) is 4.94. The van der Waals surface area contributed by atoms with Crippen molar-refractivity contribution in [1.29, 1.82) is 0 Å². The van der Waals surface area contributed by atoms with Gasteiger partial charge >= 0.3 is 0 Å². The second kappa shape index (κ2) is 7.62. The quantitative estimate of drug-likeness (QED) is 0.785. The van der Waals surface area contributed by atoms with Crippen molar-refractivity contribution in [3.05, 3.63) is 60.8 Å². The molecule has 132 valence electrons. The topological polar surface area (TPSA) is 67.9 Å². The minimum absolute atomic E-state index is 0.622. The van der Waals surface area contributed by atoms with Crippen LogP contribution in [-0.2, 0) is 0 Å². The highest BCUT2D eigenvalue weighted by Gasteiger charge is 2.21. The number of nitrogens with zero attached hydrogens (tertiary/aromatic N) is 4. The molecule has 2 N–H and O–H groups in total. The summed E-state index contributed by atoms with van der Waals surface area (Å²) in [5, 5.41) is 0. The summed E-state index contributed by atoms with van der Waals surface area (Å²) in [6.07, 6.45) is 4.02. The maximum absolute atomic E-state index is 5.84. The van der Waals surface area contributed by atoms with Crippen LogP contribution < -0.4 is 10.6 Å². The van der Waals surface area contributed by atoms with E-state index in [1.54, 1.807) is 6.20 Å². The molecule has 0 bridgehead atoms. The zero-order chi connectivity index (χ0) is 17.8. The number of nitrogens with two attached hydrogens (primary N) is 1. The molecule has 0 radical (unpaired) electrons. The van der Waals surface area contributed by atoms with Crippen molar-refractivity contribution in [2.45, 2.75) is 12.8 Å². The Morgan fingerprint density at radius 3 is 2.38 bits per heavy atom. The van der Waals surface area contributed by atoms with E-state index in [0.717, 1.165) is 61.1 Å². The molecule has 1 aliphatic rings. The van der Waals surface area contributed by atoms with Gasteiger partial charge in [0.15, 0.2) is 5.82 Å². The number of pyridine rings is 1. The van der Waals surface area contributed by atoms with Crippen LogP contribution in [0.25, 0.3) is 22.8 Å². The van der Waals surface area contributed by atoms with E-state index >= 15 is 0 Å². The SMILES string of the molecule is NCC1CCN(c2cc(-c3ccccn3)nc(-c3ccccc3)n2)CC1. The smallest absolute Gasteiger partial charge is 0.162 e. The van der Waals surface area contributed by atoms with E-state index in [1.807, 2.05) is 48.5 Å². The summed E-state index contributed by atoms with van der Waals surface area (Å²) in [4.78, 5) is 16.4. The molecular formula is C21H23N5. The molecule has 1 aromatic carbocycles. The first-order valence-corrected chi connectivity index (χ1v) is 9.14. The van der Waals surface area contributed by atoms with Gasteiger partial charge in [0.1, 0.15) is 5.82 Å². The Hall–Kier alpha value is -2.79. The average Bonchev–Trinajstić information content (AvgIpc) is 2.75. The molecule has 0 aliphatic carbocycles. The second-order valence-corrected chi connectivity index (χ2v) is 6.68. The number of hydrogen-bond acceptors (Lipinski definition) is 5. The number of rotatable bonds is 4. The van der Waals surface area contributed by atoms with Crippen LogP contribution in [0.5, 0.6) is 0 Å². The van der Waals surface area contributed by atoms with Crippen molar-refractivity contribution in [2.24, 2.45) is 11.7 Å². The van der Waals surface area contributed by atoms with Gasteiger partial charge in [-0.15, -0.1) is 0 Å². The maximum atomic E-state index is 5.84. The summed E-state index contributed by atoms with van der Waals surface area (Å²) < 4.78 is 0. The molecule has 3 aromatic rings. The van der Waals surface area contributed by atoms with Gasteiger partial charge in [-0.3, -0.25) is 4.98 Å². The molecule has 2 aromatic heterocycles. The van der Waals surface area contributed by atoms with Crippen molar-refractivity contribution in [1.82, 2.24) is 15.0 Å². The fraction of sp³-hybridized carbons (Fsp3) is 0.286. The zero-order valence-electron chi connectivity index (χ0n) is 14.8. The lowest BCUT2D eigenvalue weighted by Gasteiger charge is -2.32. The molecule has 4 rings (SSSR count). The van der Waals surface area contributed by atoms with Crippen LogP contribution in [0.4, 0.5) is 5.82 Å². The highest BCUT2D eigenvalue weighted by atomic mass is 15.2. The van der Waals surface area contributed by atoms with Crippen molar-refractivity contribution in [3.63, 3.8) is 0 Å². The van der Waals surface area contributed by atoms with Gasteiger partial charge in [-0.2, -0.15) is 0 Å². The summed E-state index contributed by atoms with van der Waals surface area (Å²) in [6, 6.07) is 18.1. The number of piperidine rings is 1. The fourth-order valence-corrected chi connectivity index (χ4v) is 3.36. The van der Waals surface area contributed by atoms with E-state index in [0.29, 0.717) is 5.92 Å². The van der Waals surface area contributed by atoms with Gasteiger partial charge in [-0.05, 0) is 37.4 Å². The van der Waals surface area contributed by atoms with Gasteiger partial charge in [-0.25, -0.2) is 9.97 Å². The minimum Gasteiger partial charge on any atom is -0.356 e. The number of aromatic nitrogens is 3. The van der Waals surface area contributed by atoms with Crippen molar-refractivity contribution in [2.75, 3.05) is 24.5 Å². The first-order valence-electron chi connectivity index (χ1n) is 9.14. The minimum atomic E-state index is 0.622. The highest BCUT2D eigenvalue weighted by molar-refractivity contribution is 5.65. The molecule has 0 spiro atoms. The molecule has 5 nitrogen and oxygen atoms in total.